The highest BCUT2D eigenvalue weighted by Gasteiger charge is 2.18. The highest BCUT2D eigenvalue weighted by Crippen LogP contribution is 2.41. The number of hydrogen-bond acceptors (Lipinski definition) is 2. The monoisotopic (exact) mass is 591 g/mol. The SMILES string of the molecule is c1cc(-c2ccc3c4ccccc4n(-c4nccc5c4sc4ccccc45)c3c2)cc(-n2c3ccccc3c3ccccc32)c1. The van der Waals surface area contributed by atoms with Crippen LogP contribution in [0.5, 0.6) is 0 Å². The molecule has 0 aliphatic carbocycles. The molecule has 4 aromatic heterocycles. The third-order valence-corrected chi connectivity index (χ3v) is 10.4. The lowest BCUT2D eigenvalue weighted by atomic mass is 10.0. The van der Waals surface area contributed by atoms with Crippen LogP contribution in [0, 0.1) is 0 Å². The number of rotatable bonds is 3. The van der Waals surface area contributed by atoms with Crippen LogP contribution in [0.25, 0.3) is 86.4 Å². The van der Waals surface area contributed by atoms with Crippen LogP contribution >= 0.6 is 11.3 Å². The topological polar surface area (TPSA) is 22.8 Å². The molecule has 0 fully saturated rings. The van der Waals surface area contributed by atoms with Gasteiger partial charge in [0.2, 0.25) is 0 Å². The van der Waals surface area contributed by atoms with Gasteiger partial charge in [-0.05, 0) is 59.7 Å². The molecule has 45 heavy (non-hydrogen) atoms. The van der Waals surface area contributed by atoms with Gasteiger partial charge in [-0.25, -0.2) is 4.98 Å². The molecule has 0 bridgehead atoms. The van der Waals surface area contributed by atoms with Gasteiger partial charge in [0.15, 0.2) is 5.82 Å². The lowest BCUT2D eigenvalue weighted by Crippen LogP contribution is -1.97. The van der Waals surface area contributed by atoms with E-state index in [0.717, 1.165) is 17.0 Å². The van der Waals surface area contributed by atoms with Crippen LogP contribution in [-0.2, 0) is 0 Å². The summed E-state index contributed by atoms with van der Waals surface area (Å²) in [5.41, 5.74) is 8.28. The smallest absolute Gasteiger partial charge is 0.155 e. The Morgan fingerprint density at radius 1 is 0.422 bits per heavy atom. The molecule has 0 radical (unpaired) electrons. The van der Waals surface area contributed by atoms with Crippen molar-refractivity contribution in [1.82, 2.24) is 14.1 Å². The predicted octanol–water partition coefficient (Wildman–Crippen LogP) is 11.3. The molecular formula is C41H25N3S. The minimum atomic E-state index is 0.982. The quantitative estimate of drug-likeness (QED) is 0.200. The zero-order chi connectivity index (χ0) is 29.5. The molecule has 0 spiro atoms. The molecule has 0 saturated heterocycles. The highest BCUT2D eigenvalue weighted by atomic mass is 32.1. The third kappa shape index (κ3) is 3.54. The number of thiophene rings is 1. The van der Waals surface area contributed by atoms with Gasteiger partial charge in [0.25, 0.3) is 0 Å². The number of fused-ring (bicyclic) bond motifs is 9. The van der Waals surface area contributed by atoms with Crippen molar-refractivity contribution < 1.29 is 0 Å². The third-order valence-electron chi connectivity index (χ3n) is 9.18. The van der Waals surface area contributed by atoms with E-state index >= 15 is 0 Å². The van der Waals surface area contributed by atoms with Crippen LogP contribution in [-0.4, -0.2) is 14.1 Å². The van der Waals surface area contributed by atoms with E-state index < -0.39 is 0 Å². The molecule has 3 nitrogen and oxygen atoms in total. The average Bonchev–Trinajstić information content (AvgIpc) is 3.76. The molecule has 0 saturated carbocycles. The first-order valence-electron chi connectivity index (χ1n) is 15.2. The van der Waals surface area contributed by atoms with Crippen LogP contribution in [0.3, 0.4) is 0 Å². The van der Waals surface area contributed by atoms with Crippen molar-refractivity contribution in [3.63, 3.8) is 0 Å². The second-order valence-electron chi connectivity index (χ2n) is 11.6. The van der Waals surface area contributed by atoms with Crippen molar-refractivity contribution >= 4 is 75.1 Å². The predicted molar refractivity (Wildman–Crippen MR) is 191 cm³/mol. The van der Waals surface area contributed by atoms with Gasteiger partial charge in [0.1, 0.15) is 0 Å². The molecule has 0 aliphatic rings. The van der Waals surface area contributed by atoms with E-state index in [-0.39, 0.29) is 0 Å². The number of hydrogen-bond donors (Lipinski definition) is 0. The Morgan fingerprint density at radius 3 is 1.76 bits per heavy atom. The second-order valence-corrected chi connectivity index (χ2v) is 12.7. The summed E-state index contributed by atoms with van der Waals surface area (Å²) in [5, 5.41) is 7.54. The lowest BCUT2D eigenvalue weighted by molar-refractivity contribution is 1.11. The Labute approximate surface area is 262 Å². The first-order chi connectivity index (χ1) is 22.3. The maximum Gasteiger partial charge on any atom is 0.155 e. The van der Waals surface area contributed by atoms with Gasteiger partial charge in [0, 0.05) is 48.9 Å². The maximum atomic E-state index is 5.02. The van der Waals surface area contributed by atoms with Crippen molar-refractivity contribution in [3.05, 3.63) is 152 Å². The number of nitrogens with zero attached hydrogens (tertiary/aromatic N) is 3. The molecule has 0 N–H and O–H groups in total. The minimum absolute atomic E-state index is 0.982. The highest BCUT2D eigenvalue weighted by molar-refractivity contribution is 7.26. The number of aromatic nitrogens is 3. The fourth-order valence-electron chi connectivity index (χ4n) is 7.20. The van der Waals surface area contributed by atoms with Gasteiger partial charge in [-0.1, -0.05) is 97.1 Å². The lowest BCUT2D eigenvalue weighted by Gasteiger charge is -2.11. The molecular weight excluding hydrogens is 567 g/mol. The van der Waals surface area contributed by atoms with E-state index in [9.17, 15) is 0 Å². The fourth-order valence-corrected chi connectivity index (χ4v) is 8.38. The van der Waals surface area contributed by atoms with Crippen LogP contribution in [0.4, 0.5) is 0 Å². The molecule has 0 atom stereocenters. The number of para-hydroxylation sites is 3. The summed E-state index contributed by atoms with van der Waals surface area (Å²) in [6, 6.07) is 52.7. The van der Waals surface area contributed by atoms with Crippen molar-refractivity contribution in [3.8, 4) is 22.6 Å². The van der Waals surface area contributed by atoms with Gasteiger partial charge in [-0.2, -0.15) is 0 Å². The second kappa shape index (κ2) is 9.39. The summed E-state index contributed by atoms with van der Waals surface area (Å²) in [4.78, 5) is 5.02. The molecule has 210 valence electrons. The van der Waals surface area contributed by atoms with Crippen LogP contribution in [0.2, 0.25) is 0 Å². The minimum Gasteiger partial charge on any atom is -0.309 e. The molecule has 0 unspecified atom stereocenters. The van der Waals surface area contributed by atoms with Gasteiger partial charge in [-0.3, -0.25) is 4.57 Å². The van der Waals surface area contributed by atoms with Gasteiger partial charge < -0.3 is 4.57 Å². The summed E-state index contributed by atoms with van der Waals surface area (Å²) in [7, 11) is 0. The normalized spacial score (nSPS) is 12.0. The summed E-state index contributed by atoms with van der Waals surface area (Å²) in [5.74, 6) is 0.982. The first-order valence-corrected chi connectivity index (χ1v) is 16.0. The molecule has 0 amide bonds. The van der Waals surface area contributed by atoms with Crippen molar-refractivity contribution in [1.29, 1.82) is 0 Å². The summed E-state index contributed by atoms with van der Waals surface area (Å²) >= 11 is 1.82. The Hall–Kier alpha value is -5.71. The van der Waals surface area contributed by atoms with E-state index in [0.29, 0.717) is 0 Å². The zero-order valence-electron chi connectivity index (χ0n) is 24.2. The van der Waals surface area contributed by atoms with Crippen LogP contribution in [0.1, 0.15) is 0 Å². The van der Waals surface area contributed by atoms with E-state index in [1.807, 2.05) is 17.5 Å². The first kappa shape index (κ1) is 24.7. The Bertz CT molecular complexity index is 2720. The van der Waals surface area contributed by atoms with E-state index in [4.69, 9.17) is 4.98 Å². The standard InChI is InChI=1S/C41H25N3S/c1-5-16-35-29(12-1)30-13-2-6-17-36(30)43(35)28-11-9-10-26(24-28)27-20-21-32-31-14-3-7-18-37(31)44(38(32)25-27)41-40-34(22-23-42-41)33-15-4-8-19-39(33)45-40/h1-25H. The number of pyridine rings is 1. The van der Waals surface area contributed by atoms with Crippen molar-refractivity contribution in [2.45, 2.75) is 0 Å². The largest absolute Gasteiger partial charge is 0.309 e. The van der Waals surface area contributed by atoms with Gasteiger partial charge in [0.05, 0.1) is 26.8 Å². The van der Waals surface area contributed by atoms with E-state index in [1.54, 1.807) is 0 Å². The van der Waals surface area contributed by atoms with Crippen molar-refractivity contribution in [2.75, 3.05) is 0 Å². The average molecular weight is 592 g/mol. The van der Waals surface area contributed by atoms with E-state index in [2.05, 4.69) is 155 Å². The Balaban J connectivity index is 1.22. The van der Waals surface area contributed by atoms with Crippen LogP contribution in [0.15, 0.2) is 152 Å². The molecule has 4 heterocycles. The summed E-state index contributed by atoms with van der Waals surface area (Å²) < 4.78 is 7.24. The van der Waals surface area contributed by atoms with Gasteiger partial charge >= 0.3 is 0 Å². The molecule has 10 rings (SSSR count). The maximum absolute atomic E-state index is 5.02. The van der Waals surface area contributed by atoms with Crippen molar-refractivity contribution in [2.24, 2.45) is 0 Å². The van der Waals surface area contributed by atoms with E-state index in [1.165, 1.54) is 69.4 Å². The molecule has 10 aromatic rings. The van der Waals surface area contributed by atoms with Crippen LogP contribution < -0.4 is 0 Å². The summed E-state index contributed by atoms with van der Waals surface area (Å²) in [6.45, 7) is 0. The molecule has 4 heteroatoms. The number of benzene rings is 6. The fraction of sp³-hybridized carbons (Fsp3) is 0. The zero-order valence-corrected chi connectivity index (χ0v) is 25.0. The Kier molecular flexibility index (Phi) is 5.16. The molecule has 0 aliphatic heterocycles. The molecule has 6 aromatic carbocycles. The Morgan fingerprint density at radius 2 is 1.02 bits per heavy atom. The van der Waals surface area contributed by atoms with Gasteiger partial charge in [-0.15, -0.1) is 11.3 Å². The summed E-state index contributed by atoms with van der Waals surface area (Å²) in [6.07, 6.45) is 1.95.